The molecule has 2 N–H and O–H groups in total. The molecule has 0 bridgehead atoms. The van der Waals surface area contributed by atoms with Crippen LogP contribution in [0.3, 0.4) is 0 Å². The van der Waals surface area contributed by atoms with E-state index in [4.69, 9.17) is 18.5 Å². The van der Waals surface area contributed by atoms with Crippen LogP contribution in [0.25, 0.3) is 0 Å². The summed E-state index contributed by atoms with van der Waals surface area (Å²) in [5.41, 5.74) is 4.40. The second kappa shape index (κ2) is 12.2. The Hall–Kier alpha value is -2.35. The van der Waals surface area contributed by atoms with Gasteiger partial charge in [0.1, 0.15) is 24.5 Å². The number of cyclic esters (lactones) is 1. The normalized spacial score (nSPS) is 13.6. The highest BCUT2D eigenvalue weighted by molar-refractivity contribution is 7.53. The van der Waals surface area contributed by atoms with Crippen molar-refractivity contribution in [2.24, 2.45) is 0 Å². The van der Waals surface area contributed by atoms with Crippen molar-refractivity contribution in [3.05, 3.63) is 39.5 Å². The molecular formula is C23H34NO8P. The van der Waals surface area contributed by atoms with E-state index in [1.54, 1.807) is 13.8 Å². The van der Waals surface area contributed by atoms with Crippen molar-refractivity contribution in [2.45, 2.75) is 54.1 Å². The number of fused-ring (bicyclic) bond motifs is 1. The highest BCUT2D eigenvalue weighted by Crippen LogP contribution is 2.47. The summed E-state index contributed by atoms with van der Waals surface area (Å²) < 4.78 is 33.0. The topological polar surface area (TPSA) is 120 Å². The Kier molecular flexibility index (Phi) is 9.95. The van der Waals surface area contributed by atoms with Crippen LogP contribution in [0.2, 0.25) is 0 Å². The molecule has 0 unspecified atom stereocenters. The van der Waals surface area contributed by atoms with Gasteiger partial charge in [-0.1, -0.05) is 13.0 Å². The highest BCUT2D eigenvalue weighted by atomic mass is 31.2. The number of rotatable bonds is 12. The van der Waals surface area contributed by atoms with E-state index in [2.05, 4.69) is 5.32 Å². The molecule has 1 aromatic carbocycles. The van der Waals surface area contributed by atoms with Gasteiger partial charge in [-0.2, -0.15) is 0 Å². The number of ether oxygens (including phenoxy) is 2. The molecule has 0 aromatic heterocycles. The van der Waals surface area contributed by atoms with Crippen molar-refractivity contribution in [2.75, 3.05) is 32.5 Å². The zero-order valence-corrected chi connectivity index (χ0v) is 20.9. The Morgan fingerprint density at radius 3 is 2.48 bits per heavy atom. The van der Waals surface area contributed by atoms with Gasteiger partial charge < -0.3 is 28.9 Å². The molecule has 2 rings (SSSR count). The van der Waals surface area contributed by atoms with Gasteiger partial charge in [0.2, 0.25) is 0 Å². The van der Waals surface area contributed by atoms with Crippen molar-refractivity contribution in [3.63, 3.8) is 0 Å². The number of phenolic OH excluding ortho intramolecular Hbond substituents is 1. The number of carbonyl (C=O) groups excluding carboxylic acids is 2. The van der Waals surface area contributed by atoms with Gasteiger partial charge in [0.05, 0.1) is 19.4 Å². The summed E-state index contributed by atoms with van der Waals surface area (Å²) in [5, 5.41) is 13.3. The number of aromatic hydroxyl groups is 1. The second-order valence-corrected chi connectivity index (χ2v) is 9.83. The number of alkyl carbamates (subject to hydrolysis) is 1. The fourth-order valence-corrected chi connectivity index (χ4v) is 5.27. The lowest BCUT2D eigenvalue weighted by atomic mass is 9.89. The smallest absolute Gasteiger partial charge is 0.407 e. The monoisotopic (exact) mass is 483 g/mol. The van der Waals surface area contributed by atoms with Gasteiger partial charge in [0.25, 0.3) is 0 Å². The molecule has 0 atom stereocenters. The van der Waals surface area contributed by atoms with Crippen LogP contribution in [0.5, 0.6) is 5.75 Å². The van der Waals surface area contributed by atoms with E-state index in [0.29, 0.717) is 18.4 Å². The number of esters is 1. The van der Waals surface area contributed by atoms with Crippen LogP contribution < -0.4 is 5.32 Å². The minimum absolute atomic E-state index is 0.0364. The maximum Gasteiger partial charge on any atom is 0.407 e. The van der Waals surface area contributed by atoms with Crippen molar-refractivity contribution < 1.29 is 37.8 Å². The summed E-state index contributed by atoms with van der Waals surface area (Å²) in [7, 11) is -3.22. The molecule has 10 heteroatoms. The van der Waals surface area contributed by atoms with E-state index in [1.807, 2.05) is 26.8 Å². The molecule has 1 aliphatic rings. The van der Waals surface area contributed by atoms with Crippen LogP contribution >= 0.6 is 7.60 Å². The molecular weight excluding hydrogens is 449 g/mol. The Bertz CT molecular complexity index is 947. The third kappa shape index (κ3) is 6.82. The lowest BCUT2D eigenvalue weighted by Gasteiger charge is -2.17. The van der Waals surface area contributed by atoms with Crippen LogP contribution in [0.1, 0.15) is 60.3 Å². The second-order valence-electron chi connectivity index (χ2n) is 7.64. The quantitative estimate of drug-likeness (QED) is 0.255. The zero-order chi connectivity index (χ0) is 24.6. The summed E-state index contributed by atoms with van der Waals surface area (Å²) in [6.07, 6.45) is 2.36. The van der Waals surface area contributed by atoms with Crippen molar-refractivity contribution in [1.29, 1.82) is 0 Å². The number of carbonyl (C=O) groups is 2. The van der Waals surface area contributed by atoms with Gasteiger partial charge in [-0.05, 0) is 57.2 Å². The number of hydrogen-bond acceptors (Lipinski definition) is 8. The van der Waals surface area contributed by atoms with Crippen molar-refractivity contribution in [3.8, 4) is 5.75 Å². The van der Waals surface area contributed by atoms with Gasteiger partial charge in [-0.3, -0.25) is 4.57 Å². The molecule has 1 aromatic rings. The molecule has 184 valence electrons. The predicted molar refractivity (Wildman–Crippen MR) is 124 cm³/mol. The number of nitrogens with one attached hydrogen (secondary N) is 1. The number of allylic oxidation sites excluding steroid dienone is 1. The first-order valence-corrected chi connectivity index (χ1v) is 12.9. The standard InChI is InChI=1S/C23H34NO8P/c1-6-17-16(5)19-14-29-22(26)20(19)21(25)18(17)10-9-15(4)13-30-23(27)24-11-12-33(28,31-7-2)32-8-3/h9,25H,6-8,10-14H2,1-5H3,(H,24,27). The van der Waals surface area contributed by atoms with Gasteiger partial charge in [-0.15, -0.1) is 0 Å². The molecule has 0 spiro atoms. The number of benzene rings is 1. The summed E-state index contributed by atoms with van der Waals surface area (Å²) in [6, 6.07) is 0. The van der Waals surface area contributed by atoms with Crippen LogP contribution in [0.15, 0.2) is 11.6 Å². The largest absolute Gasteiger partial charge is 0.507 e. The molecule has 0 fully saturated rings. The highest BCUT2D eigenvalue weighted by Gasteiger charge is 2.30. The molecule has 0 aliphatic carbocycles. The summed E-state index contributed by atoms with van der Waals surface area (Å²) >= 11 is 0. The predicted octanol–water partition coefficient (Wildman–Crippen LogP) is 4.41. The van der Waals surface area contributed by atoms with Gasteiger partial charge in [-0.25, -0.2) is 9.59 Å². The number of amides is 1. The van der Waals surface area contributed by atoms with E-state index < -0.39 is 19.7 Å². The van der Waals surface area contributed by atoms with Crippen LogP contribution in [-0.4, -0.2) is 49.7 Å². The van der Waals surface area contributed by atoms with E-state index in [-0.39, 0.29) is 50.4 Å². The minimum Gasteiger partial charge on any atom is -0.507 e. The molecule has 1 heterocycles. The van der Waals surface area contributed by atoms with Crippen LogP contribution in [0, 0.1) is 6.92 Å². The Labute approximate surface area is 195 Å². The lowest BCUT2D eigenvalue weighted by Crippen LogP contribution is -2.28. The van der Waals surface area contributed by atoms with E-state index in [9.17, 15) is 19.3 Å². The average molecular weight is 483 g/mol. The summed E-state index contributed by atoms with van der Waals surface area (Å²) in [4.78, 5) is 24.0. The van der Waals surface area contributed by atoms with E-state index in [0.717, 1.165) is 22.3 Å². The maximum absolute atomic E-state index is 12.4. The zero-order valence-electron chi connectivity index (χ0n) is 20.0. The molecule has 1 aliphatic heterocycles. The third-order valence-electron chi connectivity index (χ3n) is 5.39. The van der Waals surface area contributed by atoms with E-state index >= 15 is 0 Å². The molecule has 0 radical (unpaired) electrons. The molecule has 0 saturated heterocycles. The van der Waals surface area contributed by atoms with E-state index in [1.165, 1.54) is 0 Å². The fourth-order valence-electron chi connectivity index (χ4n) is 3.76. The summed E-state index contributed by atoms with van der Waals surface area (Å²) in [6.45, 7) is 10.0. The number of phenols is 1. The third-order valence-corrected chi connectivity index (χ3v) is 7.47. The van der Waals surface area contributed by atoms with Crippen LogP contribution in [0.4, 0.5) is 4.79 Å². The Morgan fingerprint density at radius 2 is 1.88 bits per heavy atom. The minimum atomic E-state index is -3.22. The number of hydrogen-bond donors (Lipinski definition) is 2. The first kappa shape index (κ1) is 26.9. The van der Waals surface area contributed by atoms with Gasteiger partial charge >= 0.3 is 19.7 Å². The van der Waals surface area contributed by atoms with Crippen molar-refractivity contribution >= 4 is 19.7 Å². The summed E-state index contributed by atoms with van der Waals surface area (Å²) in [5.74, 6) is -0.542. The van der Waals surface area contributed by atoms with Crippen LogP contribution in [-0.2, 0) is 42.5 Å². The maximum atomic E-state index is 12.4. The Balaban J connectivity index is 1.94. The molecule has 9 nitrogen and oxygen atoms in total. The first-order chi connectivity index (χ1) is 15.7. The molecule has 33 heavy (non-hydrogen) atoms. The van der Waals surface area contributed by atoms with Gasteiger partial charge in [0, 0.05) is 17.7 Å². The SMILES string of the molecule is CCOP(=O)(CCNC(=O)OCC(C)=CCc1c(O)c2c(c(C)c1CC)COC2=O)OCC. The van der Waals surface area contributed by atoms with Gasteiger partial charge in [0.15, 0.2) is 0 Å². The first-order valence-electron chi connectivity index (χ1n) is 11.1. The van der Waals surface area contributed by atoms with Crippen molar-refractivity contribution in [1.82, 2.24) is 5.32 Å². The molecule has 1 amide bonds. The fraction of sp³-hybridized carbons (Fsp3) is 0.565. The lowest BCUT2D eigenvalue weighted by molar-refractivity contribution is 0.0532. The molecule has 0 saturated carbocycles. The average Bonchev–Trinajstić information content (AvgIpc) is 3.16. The Morgan fingerprint density at radius 1 is 1.21 bits per heavy atom.